The summed E-state index contributed by atoms with van der Waals surface area (Å²) in [5.41, 5.74) is 1.86. The van der Waals surface area contributed by atoms with Crippen molar-refractivity contribution in [3.05, 3.63) is 39.3 Å². The maximum absolute atomic E-state index is 12.7. The molecule has 0 fully saturated rings. The molecule has 31 heavy (non-hydrogen) atoms. The van der Waals surface area contributed by atoms with E-state index in [0.717, 1.165) is 25.8 Å². The van der Waals surface area contributed by atoms with Gasteiger partial charge in [0.15, 0.2) is 5.96 Å². The van der Waals surface area contributed by atoms with Crippen LogP contribution >= 0.6 is 35.3 Å². The van der Waals surface area contributed by atoms with Crippen LogP contribution in [0.15, 0.2) is 23.2 Å². The summed E-state index contributed by atoms with van der Waals surface area (Å²) in [7, 11) is 3.20. The van der Waals surface area contributed by atoms with Crippen molar-refractivity contribution >= 4 is 41.3 Å². The summed E-state index contributed by atoms with van der Waals surface area (Å²) in [5.74, 6) is 1.28. The molecule has 2 N–H and O–H groups in total. The van der Waals surface area contributed by atoms with Crippen LogP contribution in [0.2, 0.25) is 0 Å². The van der Waals surface area contributed by atoms with Gasteiger partial charge in [-0.05, 0) is 50.3 Å². The van der Waals surface area contributed by atoms with Crippen LogP contribution in [0.5, 0.6) is 11.5 Å². The molecule has 0 saturated heterocycles. The zero-order valence-corrected chi connectivity index (χ0v) is 20.9. The second kappa shape index (κ2) is 13.0. The molecule has 0 unspecified atom stereocenters. The molecule has 3 rings (SSSR count). The van der Waals surface area contributed by atoms with E-state index in [1.807, 2.05) is 11.3 Å². The Labute approximate surface area is 202 Å². The Morgan fingerprint density at radius 3 is 2.77 bits per heavy atom. The number of rotatable bonds is 9. The summed E-state index contributed by atoms with van der Waals surface area (Å²) < 4.78 is 35.1. The Bertz CT molecular complexity index is 840. The first-order valence-electron chi connectivity index (χ1n) is 10.1. The monoisotopic (exact) mass is 566 g/mol. The van der Waals surface area contributed by atoms with Crippen molar-refractivity contribution in [3.8, 4) is 11.5 Å². The first-order chi connectivity index (χ1) is 14.6. The predicted octanol–water partition coefficient (Wildman–Crippen LogP) is 4.55. The summed E-state index contributed by atoms with van der Waals surface area (Å²) in [6, 6.07) is 4.73. The summed E-state index contributed by atoms with van der Waals surface area (Å²) >= 11 is 1.85. The Balaban J connectivity index is 0.00000341. The molecular weight excluding hydrogens is 537 g/mol. The smallest absolute Gasteiger partial charge is 0.387 e. The van der Waals surface area contributed by atoms with E-state index in [1.165, 1.54) is 48.0 Å². The van der Waals surface area contributed by atoms with Crippen LogP contribution in [0, 0.1) is 0 Å². The molecule has 1 aromatic heterocycles. The first kappa shape index (κ1) is 25.6. The molecule has 0 amide bonds. The van der Waals surface area contributed by atoms with Gasteiger partial charge in [0.2, 0.25) is 0 Å². The molecule has 0 atom stereocenters. The number of methoxy groups -OCH3 is 1. The van der Waals surface area contributed by atoms with E-state index in [4.69, 9.17) is 9.72 Å². The van der Waals surface area contributed by atoms with Crippen molar-refractivity contribution in [1.82, 2.24) is 15.6 Å². The highest BCUT2D eigenvalue weighted by Crippen LogP contribution is 2.27. The van der Waals surface area contributed by atoms with Gasteiger partial charge in [-0.1, -0.05) is 0 Å². The molecule has 0 spiro atoms. The lowest BCUT2D eigenvalue weighted by atomic mass is 10.0. The molecule has 1 aliphatic carbocycles. The molecule has 0 aliphatic heterocycles. The van der Waals surface area contributed by atoms with Crippen molar-refractivity contribution in [2.75, 3.05) is 20.7 Å². The molecule has 1 heterocycles. The van der Waals surface area contributed by atoms with Crippen molar-refractivity contribution < 1.29 is 18.3 Å². The number of fused-ring (bicyclic) bond motifs is 1. The van der Waals surface area contributed by atoms with Gasteiger partial charge in [-0.15, -0.1) is 35.3 Å². The molecule has 2 aromatic rings. The summed E-state index contributed by atoms with van der Waals surface area (Å²) in [6.45, 7) is -1.87. The van der Waals surface area contributed by atoms with Gasteiger partial charge in [0.1, 0.15) is 11.5 Å². The van der Waals surface area contributed by atoms with Crippen LogP contribution in [0.25, 0.3) is 0 Å². The maximum Gasteiger partial charge on any atom is 0.387 e. The Morgan fingerprint density at radius 2 is 2.06 bits per heavy atom. The normalized spacial score (nSPS) is 13.4. The number of ether oxygens (including phenoxy) is 2. The molecule has 6 nitrogen and oxygen atoms in total. The van der Waals surface area contributed by atoms with Gasteiger partial charge in [0, 0.05) is 37.0 Å². The van der Waals surface area contributed by atoms with Crippen molar-refractivity contribution in [1.29, 1.82) is 0 Å². The van der Waals surface area contributed by atoms with E-state index in [-0.39, 0.29) is 36.3 Å². The van der Waals surface area contributed by atoms with Gasteiger partial charge in [-0.25, -0.2) is 4.98 Å². The number of aliphatic imine (C=N–C) groups is 1. The number of alkyl halides is 2. The number of benzene rings is 1. The van der Waals surface area contributed by atoms with Crippen LogP contribution in [-0.4, -0.2) is 38.3 Å². The molecule has 0 saturated carbocycles. The van der Waals surface area contributed by atoms with Gasteiger partial charge in [0.05, 0.1) is 17.8 Å². The number of aryl methyl sites for hydroxylation is 3. The topological polar surface area (TPSA) is 67.8 Å². The van der Waals surface area contributed by atoms with E-state index < -0.39 is 6.61 Å². The molecule has 1 aromatic carbocycles. The number of hydrogen-bond acceptors (Lipinski definition) is 5. The van der Waals surface area contributed by atoms with E-state index in [0.29, 0.717) is 17.3 Å². The molecule has 0 bridgehead atoms. The number of nitrogens with zero attached hydrogens (tertiary/aromatic N) is 2. The minimum Gasteiger partial charge on any atom is -0.497 e. The van der Waals surface area contributed by atoms with Gasteiger partial charge in [0.25, 0.3) is 0 Å². The Kier molecular flexibility index (Phi) is 10.7. The third kappa shape index (κ3) is 7.74. The predicted molar refractivity (Wildman–Crippen MR) is 130 cm³/mol. The van der Waals surface area contributed by atoms with Gasteiger partial charge in [-0.2, -0.15) is 8.78 Å². The van der Waals surface area contributed by atoms with E-state index >= 15 is 0 Å². The lowest BCUT2D eigenvalue weighted by Crippen LogP contribution is -2.37. The van der Waals surface area contributed by atoms with Gasteiger partial charge < -0.3 is 20.1 Å². The van der Waals surface area contributed by atoms with Crippen molar-refractivity contribution in [3.63, 3.8) is 0 Å². The molecule has 172 valence electrons. The van der Waals surface area contributed by atoms with Crippen molar-refractivity contribution in [2.24, 2.45) is 4.99 Å². The average molecular weight is 566 g/mol. The van der Waals surface area contributed by atoms with E-state index in [2.05, 4.69) is 20.4 Å². The highest BCUT2D eigenvalue weighted by Gasteiger charge is 2.15. The minimum absolute atomic E-state index is 0. The third-order valence-electron chi connectivity index (χ3n) is 4.90. The number of hydrogen-bond donors (Lipinski definition) is 2. The zero-order valence-electron chi connectivity index (χ0n) is 17.7. The molecule has 1 aliphatic rings. The lowest BCUT2D eigenvalue weighted by molar-refractivity contribution is -0.0504. The highest BCUT2D eigenvalue weighted by atomic mass is 127. The van der Waals surface area contributed by atoms with Crippen molar-refractivity contribution in [2.45, 2.75) is 51.7 Å². The Morgan fingerprint density at radius 1 is 1.26 bits per heavy atom. The van der Waals surface area contributed by atoms with E-state index in [9.17, 15) is 8.78 Å². The van der Waals surface area contributed by atoms with Crippen LogP contribution in [0.1, 0.15) is 40.4 Å². The number of aromatic nitrogens is 1. The van der Waals surface area contributed by atoms with Crippen LogP contribution in [0.4, 0.5) is 8.78 Å². The average Bonchev–Trinajstić information content (AvgIpc) is 3.16. The third-order valence-corrected chi connectivity index (χ3v) is 6.12. The summed E-state index contributed by atoms with van der Waals surface area (Å²) in [6.07, 6.45) is 6.67. The molecular formula is C21H29F2IN4O2S. The van der Waals surface area contributed by atoms with Crippen LogP contribution < -0.4 is 20.1 Å². The SMILES string of the molecule is CN=C(NCCCc1nc2c(s1)CCCC2)NCc1cc(OC)ccc1OC(F)F.I. The summed E-state index contributed by atoms with van der Waals surface area (Å²) in [5, 5.41) is 7.60. The largest absolute Gasteiger partial charge is 0.497 e. The number of guanidine groups is 1. The number of nitrogens with one attached hydrogen (secondary N) is 2. The fraction of sp³-hybridized carbons (Fsp3) is 0.524. The molecule has 0 radical (unpaired) electrons. The summed E-state index contributed by atoms with van der Waals surface area (Å²) in [4.78, 5) is 10.4. The highest BCUT2D eigenvalue weighted by molar-refractivity contribution is 14.0. The van der Waals surface area contributed by atoms with Crippen LogP contribution in [0.3, 0.4) is 0 Å². The first-order valence-corrected chi connectivity index (χ1v) is 10.9. The number of thiazole rings is 1. The fourth-order valence-electron chi connectivity index (χ4n) is 3.39. The van der Waals surface area contributed by atoms with E-state index in [1.54, 1.807) is 19.2 Å². The quantitative estimate of drug-likeness (QED) is 0.202. The number of halogens is 3. The van der Waals surface area contributed by atoms with Gasteiger partial charge >= 0.3 is 6.61 Å². The lowest BCUT2D eigenvalue weighted by Gasteiger charge is -2.15. The van der Waals surface area contributed by atoms with Gasteiger partial charge in [-0.3, -0.25) is 4.99 Å². The second-order valence-corrected chi connectivity index (χ2v) is 8.16. The molecule has 10 heteroatoms. The second-order valence-electron chi connectivity index (χ2n) is 6.99. The Hall–Kier alpha value is -1.69. The fourth-order valence-corrected chi connectivity index (χ4v) is 4.59. The minimum atomic E-state index is -2.88. The maximum atomic E-state index is 12.7. The van der Waals surface area contributed by atoms with Crippen LogP contribution in [-0.2, 0) is 25.8 Å². The zero-order chi connectivity index (χ0) is 21.3. The standard InChI is InChI=1S/C21H28F2N4O2S.HI/c1-24-21(25-11-5-8-19-27-16-6-3-4-7-18(16)30-19)26-13-14-12-15(28-2)9-10-17(14)29-20(22)23;/h9-10,12,20H,3-8,11,13H2,1-2H3,(H2,24,25,26);1H.